The number of ether oxygens (including phenoxy) is 1. The van der Waals surface area contributed by atoms with E-state index in [-0.39, 0.29) is 17.8 Å². The zero-order valence-electron chi connectivity index (χ0n) is 32.1. The summed E-state index contributed by atoms with van der Waals surface area (Å²) >= 11 is 0. The summed E-state index contributed by atoms with van der Waals surface area (Å²) in [5.74, 6) is 0.540. The molecule has 1 aliphatic heterocycles. The highest BCUT2D eigenvalue weighted by Gasteiger charge is 2.44. The molecule has 6 heteroatoms. The molecule has 2 N–H and O–H groups in total. The first-order chi connectivity index (χ1) is 21.6. The van der Waals surface area contributed by atoms with Gasteiger partial charge in [-0.15, -0.1) is 0 Å². The maximum Gasteiger partial charge on any atom is 0.335 e. The zero-order valence-corrected chi connectivity index (χ0v) is 32.1. The van der Waals surface area contributed by atoms with Gasteiger partial charge in [0.15, 0.2) is 6.29 Å². The van der Waals surface area contributed by atoms with Crippen LogP contribution in [0.25, 0.3) is 0 Å². The van der Waals surface area contributed by atoms with Crippen LogP contribution < -0.4 is 5.73 Å². The number of carbonyl (C=O) groups is 3. The maximum atomic E-state index is 13.3. The highest BCUT2D eigenvalue weighted by molar-refractivity contribution is 6.00. The molecule has 0 bridgehead atoms. The van der Waals surface area contributed by atoms with Crippen LogP contribution in [0.5, 0.6) is 0 Å². The summed E-state index contributed by atoms with van der Waals surface area (Å²) < 4.78 is 18.7. The van der Waals surface area contributed by atoms with Gasteiger partial charge >= 0.3 is 5.97 Å². The van der Waals surface area contributed by atoms with Crippen LogP contribution in [-0.2, 0) is 24.8 Å². The van der Waals surface area contributed by atoms with Crippen molar-refractivity contribution in [1.82, 2.24) is 0 Å². The maximum absolute atomic E-state index is 13.3. The van der Waals surface area contributed by atoms with Crippen LogP contribution in [0.3, 0.4) is 0 Å². The molecule has 1 aliphatic carbocycles. The summed E-state index contributed by atoms with van der Waals surface area (Å²) in [5, 5.41) is 0. The number of unbranched alkanes of at least 4 members (excludes halogenated alkanes) is 2. The lowest BCUT2D eigenvalue weighted by Gasteiger charge is -2.28. The van der Waals surface area contributed by atoms with Crippen LogP contribution in [0.4, 0.5) is 4.39 Å². The van der Waals surface area contributed by atoms with Crippen LogP contribution >= 0.6 is 0 Å². The number of primary amides is 1. The second-order valence-corrected chi connectivity index (χ2v) is 12.7. The van der Waals surface area contributed by atoms with Crippen molar-refractivity contribution in [3.05, 3.63) is 46.5 Å². The summed E-state index contributed by atoms with van der Waals surface area (Å²) in [7, 11) is 0. The quantitative estimate of drug-likeness (QED) is 0.213. The Labute approximate surface area is 283 Å². The van der Waals surface area contributed by atoms with Crippen LogP contribution in [-0.4, -0.2) is 23.8 Å². The first-order valence-corrected chi connectivity index (χ1v) is 18.1. The number of nitrogens with two attached hydrogens (primary N) is 1. The molecule has 268 valence electrons. The van der Waals surface area contributed by atoms with E-state index in [2.05, 4.69) is 34.6 Å². The van der Waals surface area contributed by atoms with Gasteiger partial charge in [0.05, 0.1) is 0 Å². The molecule has 1 aromatic carbocycles. The fourth-order valence-corrected chi connectivity index (χ4v) is 4.82. The summed E-state index contributed by atoms with van der Waals surface area (Å²) in [6, 6.07) is 7.54. The van der Waals surface area contributed by atoms with Crippen molar-refractivity contribution >= 4 is 18.2 Å². The molecular formula is C40H72FNO4. The first-order valence-electron chi connectivity index (χ1n) is 18.1. The Morgan fingerprint density at radius 3 is 1.67 bits per heavy atom. The van der Waals surface area contributed by atoms with Crippen molar-refractivity contribution in [2.75, 3.05) is 0 Å². The van der Waals surface area contributed by atoms with Crippen molar-refractivity contribution in [3.8, 4) is 0 Å². The largest absolute Gasteiger partial charge is 0.451 e. The average Bonchev–Trinajstić information content (AvgIpc) is 3.26. The number of carbonyl (C=O) groups excluding carboxylic acids is 3. The normalized spacial score (nSPS) is 17.8. The van der Waals surface area contributed by atoms with Crippen molar-refractivity contribution in [3.63, 3.8) is 0 Å². The molecule has 1 saturated carbocycles. The van der Waals surface area contributed by atoms with Gasteiger partial charge in [0.1, 0.15) is 11.3 Å². The molecule has 46 heavy (non-hydrogen) atoms. The molecule has 5 nitrogen and oxygen atoms in total. The topological polar surface area (TPSA) is 86.5 Å². The number of hydrogen-bond donors (Lipinski definition) is 1. The van der Waals surface area contributed by atoms with Gasteiger partial charge in [0.2, 0.25) is 5.91 Å². The Bertz CT molecular complexity index is 958. The van der Waals surface area contributed by atoms with Crippen molar-refractivity contribution in [1.29, 1.82) is 0 Å². The minimum absolute atomic E-state index is 0.105. The highest BCUT2D eigenvalue weighted by atomic mass is 19.1. The van der Waals surface area contributed by atoms with Crippen LogP contribution in [0.2, 0.25) is 0 Å². The minimum atomic E-state index is -1.22. The number of aldehydes is 1. The Balaban J connectivity index is -0.000000534. The summed E-state index contributed by atoms with van der Waals surface area (Å²) in [5.41, 5.74) is 6.21. The van der Waals surface area contributed by atoms with Crippen molar-refractivity contribution in [2.24, 2.45) is 17.6 Å². The van der Waals surface area contributed by atoms with Crippen LogP contribution in [0.1, 0.15) is 171 Å². The molecule has 3 rings (SSSR count). The van der Waals surface area contributed by atoms with Gasteiger partial charge in [-0.1, -0.05) is 131 Å². The van der Waals surface area contributed by atoms with E-state index in [1.54, 1.807) is 20.8 Å². The number of hydrogen-bond acceptors (Lipinski definition) is 4. The molecule has 1 amide bonds. The van der Waals surface area contributed by atoms with E-state index in [1.165, 1.54) is 38.5 Å². The summed E-state index contributed by atoms with van der Waals surface area (Å²) in [6.45, 7) is 25.8. The number of amides is 1. The lowest BCUT2D eigenvalue weighted by atomic mass is 9.83. The number of halogens is 1. The van der Waals surface area contributed by atoms with E-state index >= 15 is 0 Å². The Morgan fingerprint density at radius 2 is 1.37 bits per heavy atom. The molecule has 1 aromatic rings. The molecule has 1 fully saturated rings. The Kier molecular flexibility index (Phi) is 28.7. The third kappa shape index (κ3) is 19.9. The minimum Gasteiger partial charge on any atom is -0.451 e. The highest BCUT2D eigenvalue weighted by Crippen LogP contribution is 2.39. The molecule has 0 saturated heterocycles. The number of esters is 1. The van der Waals surface area contributed by atoms with Gasteiger partial charge in [-0.2, -0.15) is 0 Å². The monoisotopic (exact) mass is 650 g/mol. The van der Waals surface area contributed by atoms with Gasteiger partial charge in [-0.25, -0.2) is 9.18 Å². The number of rotatable bonds is 9. The predicted octanol–water partition coefficient (Wildman–Crippen LogP) is 11.5. The van der Waals surface area contributed by atoms with Crippen LogP contribution in [0, 0.1) is 18.8 Å². The van der Waals surface area contributed by atoms with Gasteiger partial charge < -0.3 is 10.5 Å². The van der Waals surface area contributed by atoms with Gasteiger partial charge in [0, 0.05) is 17.1 Å². The molecule has 0 aromatic heterocycles. The molecule has 2 aliphatic rings. The number of alkyl halides is 1. The zero-order chi connectivity index (χ0) is 36.3. The van der Waals surface area contributed by atoms with Crippen molar-refractivity contribution in [2.45, 2.75) is 178 Å². The number of cyclic esters (lactones) is 1. The fraction of sp³-hybridized carbons (Fsp3) is 0.725. The molecule has 0 radical (unpaired) electrons. The lowest BCUT2D eigenvalue weighted by Crippen LogP contribution is -2.32. The van der Waals surface area contributed by atoms with E-state index in [0.29, 0.717) is 11.1 Å². The molecule has 1 heterocycles. The van der Waals surface area contributed by atoms with Crippen LogP contribution in [0.15, 0.2) is 35.4 Å². The number of benzene rings is 1. The molecule has 0 spiro atoms. The van der Waals surface area contributed by atoms with E-state index in [4.69, 9.17) is 10.5 Å². The average molecular weight is 650 g/mol. The smallest absolute Gasteiger partial charge is 0.335 e. The molecule has 0 atom stereocenters. The molecular weight excluding hydrogens is 577 g/mol. The lowest BCUT2D eigenvalue weighted by molar-refractivity contribution is -0.148. The first kappa shape index (κ1) is 47.9. The standard InChI is InChI=1S/C12H18O3.C10H13F.C8H15NO.2C4H10.C2H6/c1-4-6-12(7-5-2)10(8-13)9(3)11(14)15-12;1-8-5-4-6-9(7-8)10(2,3)11;1-6-2-4-7(5-3-6)8(9)10;2*1-3-4-2;1-2/h8H,4-7H2,1-3H3;4-7H,1-3H3;6-7H,2-5H2,1H3,(H2,9,10);2*3-4H2,1-2H3;1-2H3. The summed E-state index contributed by atoms with van der Waals surface area (Å²) in [4.78, 5) is 33.2. The Morgan fingerprint density at radius 1 is 0.913 bits per heavy atom. The fourth-order valence-electron chi connectivity index (χ4n) is 4.82. The third-order valence-electron chi connectivity index (χ3n) is 8.04. The van der Waals surface area contributed by atoms with E-state index < -0.39 is 11.3 Å². The summed E-state index contributed by atoms with van der Waals surface area (Å²) in [6.07, 6.45) is 13.7. The van der Waals surface area contributed by atoms with E-state index in [0.717, 1.165) is 61.9 Å². The molecule has 0 unspecified atom stereocenters. The second kappa shape index (κ2) is 27.6. The van der Waals surface area contributed by atoms with E-state index in [9.17, 15) is 18.8 Å². The Hall–Kier alpha value is -2.50. The van der Waals surface area contributed by atoms with Gasteiger partial charge in [0.25, 0.3) is 0 Å². The number of aryl methyl sites for hydroxylation is 1. The predicted molar refractivity (Wildman–Crippen MR) is 196 cm³/mol. The third-order valence-corrected chi connectivity index (χ3v) is 8.04. The van der Waals surface area contributed by atoms with Gasteiger partial charge in [-0.3, -0.25) is 9.59 Å². The SMILES string of the molecule is CC.CC1CCC(C(N)=O)CC1.CCCC.CCCC.CCCC1(CCC)OC(=O)C(C)=C1C=O.Cc1cccc(C(C)(C)F)c1. The second-order valence-electron chi connectivity index (χ2n) is 12.7. The van der Waals surface area contributed by atoms with E-state index in [1.807, 2.05) is 58.9 Å². The van der Waals surface area contributed by atoms with Crippen molar-refractivity contribution < 1.29 is 23.5 Å². The van der Waals surface area contributed by atoms with Gasteiger partial charge in [-0.05, 0) is 77.7 Å².